The summed E-state index contributed by atoms with van der Waals surface area (Å²) in [6.45, 7) is 4.27. The van der Waals surface area contributed by atoms with Gasteiger partial charge in [0.25, 0.3) is 0 Å². The number of rotatable bonds is 6. The van der Waals surface area contributed by atoms with Crippen molar-refractivity contribution in [1.82, 2.24) is 14.9 Å². The monoisotopic (exact) mass is 291 g/mol. The zero-order valence-electron chi connectivity index (χ0n) is 12.4. The molecule has 1 N–H and O–H groups in total. The third kappa shape index (κ3) is 2.99. The van der Waals surface area contributed by atoms with E-state index in [9.17, 15) is 0 Å². The Bertz CT molecular complexity index is 568. The number of aromatic nitrogens is 2. The van der Waals surface area contributed by atoms with E-state index in [4.69, 9.17) is 4.74 Å². The molecule has 0 bridgehead atoms. The molecule has 1 aromatic carbocycles. The fraction of sp³-hybridized carbons (Fsp3) is 0.467. The van der Waals surface area contributed by atoms with Crippen LogP contribution in [0.1, 0.15) is 41.1 Å². The molecule has 0 fully saturated rings. The first-order valence-corrected chi connectivity index (χ1v) is 7.61. The minimum Gasteiger partial charge on any atom is -0.497 e. The molecule has 0 aliphatic heterocycles. The molecule has 0 spiro atoms. The highest BCUT2D eigenvalue weighted by molar-refractivity contribution is 7.05. The smallest absolute Gasteiger partial charge is 0.119 e. The van der Waals surface area contributed by atoms with Gasteiger partial charge in [-0.25, -0.2) is 0 Å². The third-order valence-electron chi connectivity index (χ3n) is 3.41. The Labute approximate surface area is 124 Å². The largest absolute Gasteiger partial charge is 0.497 e. The fourth-order valence-electron chi connectivity index (χ4n) is 2.37. The van der Waals surface area contributed by atoms with E-state index in [0.717, 1.165) is 24.3 Å². The Kier molecular flexibility index (Phi) is 5.09. The van der Waals surface area contributed by atoms with Gasteiger partial charge in [0.1, 0.15) is 5.75 Å². The number of benzene rings is 1. The molecule has 1 unspecified atom stereocenters. The first-order chi connectivity index (χ1) is 9.71. The summed E-state index contributed by atoms with van der Waals surface area (Å²) in [6, 6.07) is 6.32. The molecule has 20 heavy (non-hydrogen) atoms. The van der Waals surface area contributed by atoms with Crippen LogP contribution in [0, 0.1) is 6.92 Å². The molecule has 0 aliphatic carbocycles. The van der Waals surface area contributed by atoms with Crippen LogP contribution in [0.15, 0.2) is 18.2 Å². The van der Waals surface area contributed by atoms with E-state index in [0.29, 0.717) is 0 Å². The predicted octanol–water partition coefficient (Wildman–Crippen LogP) is 3.12. The summed E-state index contributed by atoms with van der Waals surface area (Å²) < 4.78 is 9.40. The summed E-state index contributed by atoms with van der Waals surface area (Å²) in [5, 5.41) is 7.65. The highest BCUT2D eigenvalue weighted by atomic mass is 32.1. The quantitative estimate of drug-likeness (QED) is 0.888. The summed E-state index contributed by atoms with van der Waals surface area (Å²) in [6.07, 6.45) is 2.05. The molecule has 5 heteroatoms. The molecule has 0 radical (unpaired) electrons. The molecule has 1 heterocycles. The van der Waals surface area contributed by atoms with Gasteiger partial charge in [-0.15, -0.1) is 5.10 Å². The number of ether oxygens (including phenoxy) is 1. The molecule has 1 aromatic heterocycles. The number of nitrogens with zero attached hydrogens (tertiary/aromatic N) is 2. The number of aryl methyl sites for hydroxylation is 2. The first kappa shape index (κ1) is 14.9. The molecule has 0 amide bonds. The van der Waals surface area contributed by atoms with Crippen molar-refractivity contribution in [1.29, 1.82) is 0 Å². The zero-order valence-corrected chi connectivity index (χ0v) is 13.3. The van der Waals surface area contributed by atoms with Gasteiger partial charge in [0.2, 0.25) is 0 Å². The molecular formula is C15H21N3OS. The van der Waals surface area contributed by atoms with Crippen molar-refractivity contribution < 1.29 is 4.74 Å². The first-order valence-electron chi connectivity index (χ1n) is 6.84. The standard InChI is InChI=1S/C15H21N3OS/c1-5-6-13-15(20-18-17-13)14(16-3)12-8-7-11(19-4)9-10(12)2/h7-9,14,16H,5-6H2,1-4H3. The van der Waals surface area contributed by atoms with Gasteiger partial charge in [-0.05, 0) is 55.2 Å². The zero-order chi connectivity index (χ0) is 14.5. The normalized spacial score (nSPS) is 12.4. The molecule has 0 aliphatic rings. The predicted molar refractivity (Wildman–Crippen MR) is 82.5 cm³/mol. The summed E-state index contributed by atoms with van der Waals surface area (Å²) >= 11 is 1.48. The van der Waals surface area contributed by atoms with E-state index in [1.54, 1.807) is 7.11 Å². The van der Waals surface area contributed by atoms with Crippen molar-refractivity contribution in [3.05, 3.63) is 39.9 Å². The molecule has 2 aromatic rings. The van der Waals surface area contributed by atoms with Gasteiger partial charge in [0.15, 0.2) is 0 Å². The van der Waals surface area contributed by atoms with Gasteiger partial charge in [-0.3, -0.25) is 0 Å². The average molecular weight is 291 g/mol. The number of hydrogen-bond donors (Lipinski definition) is 1. The van der Waals surface area contributed by atoms with E-state index in [1.807, 2.05) is 13.1 Å². The van der Waals surface area contributed by atoms with Gasteiger partial charge in [-0.1, -0.05) is 23.9 Å². The molecule has 0 saturated carbocycles. The Morgan fingerprint density at radius 2 is 2.20 bits per heavy atom. The maximum absolute atomic E-state index is 5.27. The van der Waals surface area contributed by atoms with Crippen LogP contribution >= 0.6 is 11.5 Å². The number of nitrogens with one attached hydrogen (secondary N) is 1. The molecule has 1 atom stereocenters. The molecule has 4 nitrogen and oxygen atoms in total. The van der Waals surface area contributed by atoms with Crippen molar-refractivity contribution >= 4 is 11.5 Å². The third-order valence-corrected chi connectivity index (χ3v) is 4.24. The lowest BCUT2D eigenvalue weighted by Crippen LogP contribution is -2.19. The second kappa shape index (κ2) is 6.81. The fourth-order valence-corrected chi connectivity index (χ4v) is 3.20. The lowest BCUT2D eigenvalue weighted by atomic mass is 9.98. The molecule has 0 saturated heterocycles. The highest BCUT2D eigenvalue weighted by Crippen LogP contribution is 2.31. The van der Waals surface area contributed by atoms with Crippen LogP contribution < -0.4 is 10.1 Å². The van der Waals surface area contributed by atoms with Gasteiger partial charge in [-0.2, -0.15) is 0 Å². The van der Waals surface area contributed by atoms with Gasteiger partial charge in [0, 0.05) is 0 Å². The summed E-state index contributed by atoms with van der Waals surface area (Å²) in [4.78, 5) is 1.21. The lowest BCUT2D eigenvalue weighted by molar-refractivity contribution is 0.414. The Morgan fingerprint density at radius 1 is 1.40 bits per heavy atom. The second-order valence-corrected chi connectivity index (χ2v) is 5.56. The number of hydrogen-bond acceptors (Lipinski definition) is 5. The summed E-state index contributed by atoms with van der Waals surface area (Å²) in [5.41, 5.74) is 3.56. The topological polar surface area (TPSA) is 47.0 Å². The van der Waals surface area contributed by atoms with Crippen molar-refractivity contribution in [2.45, 2.75) is 32.7 Å². The maximum Gasteiger partial charge on any atom is 0.119 e. The molecule has 108 valence electrons. The van der Waals surface area contributed by atoms with Crippen LogP contribution in [0.3, 0.4) is 0 Å². The lowest BCUT2D eigenvalue weighted by Gasteiger charge is -2.18. The Morgan fingerprint density at radius 3 is 2.80 bits per heavy atom. The maximum atomic E-state index is 5.27. The van der Waals surface area contributed by atoms with E-state index in [1.165, 1.54) is 27.5 Å². The van der Waals surface area contributed by atoms with Crippen LogP contribution in [0.2, 0.25) is 0 Å². The van der Waals surface area contributed by atoms with E-state index < -0.39 is 0 Å². The minimum absolute atomic E-state index is 0.141. The van der Waals surface area contributed by atoms with Crippen LogP contribution in [0.25, 0.3) is 0 Å². The molecular weight excluding hydrogens is 270 g/mol. The van der Waals surface area contributed by atoms with Gasteiger partial charge in [0.05, 0.1) is 23.7 Å². The number of methoxy groups -OCH3 is 1. The van der Waals surface area contributed by atoms with Crippen LogP contribution in [0.5, 0.6) is 5.75 Å². The van der Waals surface area contributed by atoms with Crippen molar-refractivity contribution in [2.75, 3.05) is 14.2 Å². The van der Waals surface area contributed by atoms with Crippen molar-refractivity contribution in [3.63, 3.8) is 0 Å². The van der Waals surface area contributed by atoms with Crippen molar-refractivity contribution in [2.24, 2.45) is 0 Å². The van der Waals surface area contributed by atoms with Gasteiger partial charge >= 0.3 is 0 Å². The van der Waals surface area contributed by atoms with Crippen LogP contribution in [0.4, 0.5) is 0 Å². The van der Waals surface area contributed by atoms with Crippen LogP contribution in [-0.4, -0.2) is 23.7 Å². The SMILES string of the molecule is CCCc1nnsc1C(NC)c1ccc(OC)cc1C. The molecule has 2 rings (SSSR count). The Balaban J connectivity index is 2.39. The van der Waals surface area contributed by atoms with Crippen molar-refractivity contribution in [3.8, 4) is 5.75 Å². The van der Waals surface area contributed by atoms with Crippen LogP contribution in [-0.2, 0) is 6.42 Å². The average Bonchev–Trinajstić information content (AvgIpc) is 2.90. The van der Waals surface area contributed by atoms with E-state index in [-0.39, 0.29) is 6.04 Å². The van der Waals surface area contributed by atoms with Gasteiger partial charge < -0.3 is 10.1 Å². The summed E-state index contributed by atoms with van der Waals surface area (Å²) in [7, 11) is 3.67. The second-order valence-electron chi connectivity index (χ2n) is 4.78. The van der Waals surface area contributed by atoms with E-state index in [2.05, 4.69) is 40.9 Å². The summed E-state index contributed by atoms with van der Waals surface area (Å²) in [5.74, 6) is 0.886. The Hall–Kier alpha value is -1.46. The highest BCUT2D eigenvalue weighted by Gasteiger charge is 2.21. The minimum atomic E-state index is 0.141. The van der Waals surface area contributed by atoms with E-state index >= 15 is 0 Å².